The molecule has 0 saturated carbocycles. The minimum absolute atomic E-state index is 0.0330. The Bertz CT molecular complexity index is 1220. The number of nitrogens with zero attached hydrogens (tertiary/aromatic N) is 3. The Balaban J connectivity index is 1.76. The van der Waals surface area contributed by atoms with Crippen molar-refractivity contribution >= 4 is 39.6 Å². The third-order valence-corrected chi connectivity index (χ3v) is 4.60. The first-order valence-corrected chi connectivity index (χ1v) is 9.09. The second-order valence-corrected chi connectivity index (χ2v) is 6.73. The number of aryl methyl sites for hydroxylation is 1. The Kier molecular flexibility index (Phi) is 4.97. The molecule has 0 aliphatic heterocycles. The van der Waals surface area contributed by atoms with Gasteiger partial charge in [0.15, 0.2) is 0 Å². The van der Waals surface area contributed by atoms with Crippen LogP contribution < -0.4 is 10.1 Å². The highest BCUT2D eigenvalue weighted by Crippen LogP contribution is 2.38. The fraction of sp³-hybridized carbons (Fsp3) is 0.0476. The van der Waals surface area contributed by atoms with Gasteiger partial charge >= 0.3 is 11.6 Å². The van der Waals surface area contributed by atoms with Crippen LogP contribution in [0.15, 0.2) is 67.0 Å². The van der Waals surface area contributed by atoms with Gasteiger partial charge in [-0.2, -0.15) is 4.98 Å². The number of hydrogen-bond donors (Lipinski definition) is 1. The summed E-state index contributed by atoms with van der Waals surface area (Å²) < 4.78 is 5.86. The van der Waals surface area contributed by atoms with Gasteiger partial charge in [-0.1, -0.05) is 48.0 Å². The Morgan fingerprint density at radius 1 is 1.07 bits per heavy atom. The van der Waals surface area contributed by atoms with Gasteiger partial charge < -0.3 is 10.1 Å². The Hall–Kier alpha value is -3.71. The average Bonchev–Trinajstić information content (AvgIpc) is 2.70. The smallest absolute Gasteiger partial charge is 0.373 e. The molecule has 0 atom stereocenters. The molecule has 0 aliphatic rings. The van der Waals surface area contributed by atoms with E-state index in [2.05, 4.69) is 15.3 Å². The van der Waals surface area contributed by atoms with Crippen LogP contribution in [0.3, 0.4) is 0 Å². The quantitative estimate of drug-likeness (QED) is 0.321. The maximum atomic E-state index is 11.8. The van der Waals surface area contributed by atoms with Gasteiger partial charge in [0, 0.05) is 16.1 Å². The number of ether oxygens (including phenoxy) is 1. The van der Waals surface area contributed by atoms with Crippen molar-refractivity contribution in [2.75, 3.05) is 5.32 Å². The van der Waals surface area contributed by atoms with E-state index >= 15 is 0 Å². The van der Waals surface area contributed by atoms with E-state index in [0.29, 0.717) is 16.5 Å². The minimum Gasteiger partial charge on any atom is -0.433 e. The monoisotopic (exact) mass is 406 g/mol. The van der Waals surface area contributed by atoms with E-state index in [9.17, 15) is 10.1 Å². The number of aromatic nitrogens is 2. The van der Waals surface area contributed by atoms with Gasteiger partial charge in [0.05, 0.1) is 4.92 Å². The van der Waals surface area contributed by atoms with Crippen molar-refractivity contribution in [1.29, 1.82) is 0 Å². The zero-order valence-corrected chi connectivity index (χ0v) is 16.1. The summed E-state index contributed by atoms with van der Waals surface area (Å²) in [5.74, 6) is 0.361. The molecule has 0 unspecified atom stereocenters. The van der Waals surface area contributed by atoms with Crippen molar-refractivity contribution in [1.82, 2.24) is 9.97 Å². The van der Waals surface area contributed by atoms with Gasteiger partial charge in [-0.25, -0.2) is 4.98 Å². The summed E-state index contributed by atoms with van der Waals surface area (Å²) >= 11 is 5.98. The lowest BCUT2D eigenvalue weighted by atomic mass is 10.1. The molecule has 0 amide bonds. The molecule has 4 rings (SSSR count). The Labute approximate surface area is 171 Å². The van der Waals surface area contributed by atoms with E-state index in [4.69, 9.17) is 16.3 Å². The first-order valence-electron chi connectivity index (χ1n) is 8.71. The zero-order valence-electron chi connectivity index (χ0n) is 15.3. The largest absolute Gasteiger partial charge is 0.433 e. The van der Waals surface area contributed by atoms with Crippen LogP contribution in [0.1, 0.15) is 5.56 Å². The molecular weight excluding hydrogens is 392 g/mol. The van der Waals surface area contributed by atoms with Crippen LogP contribution in [-0.4, -0.2) is 14.9 Å². The van der Waals surface area contributed by atoms with Crippen molar-refractivity contribution in [3.63, 3.8) is 0 Å². The lowest BCUT2D eigenvalue weighted by Gasteiger charge is -2.12. The molecule has 0 fully saturated rings. The molecular formula is C21H15ClN4O3. The average molecular weight is 407 g/mol. The van der Waals surface area contributed by atoms with Crippen LogP contribution >= 0.6 is 11.6 Å². The molecule has 1 heterocycles. The SMILES string of the molecule is Cc1cc(Cl)ccc1Nc1ncnc(Oc2cccc3ccccc23)c1[N+](=O)[O-]. The molecule has 1 N–H and O–H groups in total. The second kappa shape index (κ2) is 7.73. The number of nitro groups is 1. The first-order chi connectivity index (χ1) is 14.0. The van der Waals surface area contributed by atoms with Crippen LogP contribution in [0.2, 0.25) is 5.02 Å². The molecule has 29 heavy (non-hydrogen) atoms. The molecule has 0 bridgehead atoms. The highest BCUT2D eigenvalue weighted by Gasteiger charge is 2.26. The van der Waals surface area contributed by atoms with Crippen LogP contribution in [0.25, 0.3) is 10.8 Å². The first kappa shape index (κ1) is 18.6. The van der Waals surface area contributed by atoms with E-state index in [-0.39, 0.29) is 17.4 Å². The van der Waals surface area contributed by atoms with Gasteiger partial charge in [-0.05, 0) is 42.1 Å². The molecule has 8 heteroatoms. The molecule has 7 nitrogen and oxygen atoms in total. The lowest BCUT2D eigenvalue weighted by Crippen LogP contribution is -2.04. The number of rotatable bonds is 5. The summed E-state index contributed by atoms with van der Waals surface area (Å²) in [6, 6.07) is 18.3. The number of hydrogen-bond acceptors (Lipinski definition) is 6. The van der Waals surface area contributed by atoms with Gasteiger partial charge in [-0.3, -0.25) is 10.1 Å². The van der Waals surface area contributed by atoms with E-state index in [0.717, 1.165) is 16.3 Å². The molecule has 1 aromatic heterocycles. The van der Waals surface area contributed by atoms with Crippen LogP contribution in [0.4, 0.5) is 17.2 Å². The standard InChI is InChI=1S/C21H15ClN4O3/c1-13-11-15(22)9-10-17(13)25-20-19(26(27)28)21(24-12-23-20)29-18-8-4-6-14-5-2-3-7-16(14)18/h2-12H,1H3,(H,23,24,25). The number of anilines is 2. The summed E-state index contributed by atoms with van der Waals surface area (Å²) in [6.45, 7) is 1.84. The van der Waals surface area contributed by atoms with Gasteiger partial charge in [-0.15, -0.1) is 0 Å². The van der Waals surface area contributed by atoms with Crippen LogP contribution in [-0.2, 0) is 0 Å². The van der Waals surface area contributed by atoms with Gasteiger partial charge in [0.25, 0.3) is 0 Å². The fourth-order valence-electron chi connectivity index (χ4n) is 2.98. The second-order valence-electron chi connectivity index (χ2n) is 6.30. The summed E-state index contributed by atoms with van der Waals surface area (Å²) in [5.41, 5.74) is 1.11. The number of nitrogens with one attached hydrogen (secondary N) is 1. The van der Waals surface area contributed by atoms with E-state index < -0.39 is 4.92 Å². The van der Waals surface area contributed by atoms with E-state index in [1.165, 1.54) is 6.33 Å². The maximum absolute atomic E-state index is 11.8. The lowest BCUT2D eigenvalue weighted by molar-refractivity contribution is -0.385. The van der Waals surface area contributed by atoms with Crippen molar-refractivity contribution in [2.24, 2.45) is 0 Å². The predicted octanol–water partition coefficient (Wildman–Crippen LogP) is 6.04. The third-order valence-electron chi connectivity index (χ3n) is 4.37. The molecule has 0 aliphatic carbocycles. The third kappa shape index (κ3) is 3.81. The van der Waals surface area contributed by atoms with Crippen molar-refractivity contribution in [2.45, 2.75) is 6.92 Å². The highest BCUT2D eigenvalue weighted by atomic mass is 35.5. The number of halogens is 1. The van der Waals surface area contributed by atoms with Crippen molar-refractivity contribution in [3.05, 3.63) is 87.7 Å². The molecule has 4 aromatic rings. The summed E-state index contributed by atoms with van der Waals surface area (Å²) in [4.78, 5) is 19.3. The Morgan fingerprint density at radius 2 is 1.86 bits per heavy atom. The van der Waals surface area contributed by atoms with Gasteiger partial charge in [0.2, 0.25) is 5.82 Å². The molecule has 0 radical (unpaired) electrons. The molecule has 0 spiro atoms. The summed E-state index contributed by atoms with van der Waals surface area (Å²) in [5, 5.41) is 17.1. The number of benzene rings is 3. The molecule has 3 aromatic carbocycles. The van der Waals surface area contributed by atoms with E-state index in [1.807, 2.05) is 43.3 Å². The van der Waals surface area contributed by atoms with Crippen LogP contribution in [0.5, 0.6) is 11.6 Å². The Morgan fingerprint density at radius 3 is 2.66 bits per heavy atom. The molecule has 144 valence electrons. The zero-order chi connectivity index (χ0) is 20.4. The normalized spacial score (nSPS) is 10.7. The maximum Gasteiger partial charge on any atom is 0.373 e. The van der Waals surface area contributed by atoms with Gasteiger partial charge in [0.1, 0.15) is 12.1 Å². The fourth-order valence-corrected chi connectivity index (χ4v) is 3.20. The van der Waals surface area contributed by atoms with E-state index in [1.54, 1.807) is 24.3 Å². The minimum atomic E-state index is -0.561. The highest BCUT2D eigenvalue weighted by molar-refractivity contribution is 6.30. The van der Waals surface area contributed by atoms with Crippen molar-refractivity contribution < 1.29 is 9.66 Å². The number of fused-ring (bicyclic) bond motifs is 1. The summed E-state index contributed by atoms with van der Waals surface area (Å²) in [7, 11) is 0. The summed E-state index contributed by atoms with van der Waals surface area (Å²) in [6.07, 6.45) is 1.22. The van der Waals surface area contributed by atoms with Crippen LogP contribution in [0, 0.1) is 17.0 Å². The predicted molar refractivity (Wildman–Crippen MR) is 112 cm³/mol. The van der Waals surface area contributed by atoms with Crippen molar-refractivity contribution in [3.8, 4) is 11.6 Å². The topological polar surface area (TPSA) is 90.2 Å². The molecule has 0 saturated heterocycles.